The Morgan fingerprint density at radius 1 is 0.917 bits per heavy atom. The number of nitrogens with zero attached hydrogens (tertiary/aromatic N) is 1. The van der Waals surface area contributed by atoms with Crippen LogP contribution in [0.3, 0.4) is 0 Å². The van der Waals surface area contributed by atoms with Crippen molar-refractivity contribution >= 4 is 17.8 Å². The van der Waals surface area contributed by atoms with E-state index in [4.69, 9.17) is 14.2 Å². The maximum absolute atomic E-state index is 11.8. The SMILES string of the molecule is CCOc1cc(C=Cc2[nH]c(=O)[nH]c(=O)c2[N+](=O)[O-])ccc1OCCOc1ccc(C(C)(C)C)cc1. The van der Waals surface area contributed by atoms with Crippen molar-refractivity contribution in [3.8, 4) is 17.2 Å². The fourth-order valence-electron chi connectivity index (χ4n) is 3.36. The molecule has 0 aliphatic carbocycles. The molecule has 2 N–H and O–H groups in total. The van der Waals surface area contributed by atoms with E-state index in [1.165, 1.54) is 17.7 Å². The van der Waals surface area contributed by atoms with Gasteiger partial charge in [0.05, 0.1) is 11.5 Å². The van der Waals surface area contributed by atoms with E-state index in [1.54, 1.807) is 18.2 Å². The van der Waals surface area contributed by atoms with E-state index in [0.29, 0.717) is 30.3 Å². The summed E-state index contributed by atoms with van der Waals surface area (Å²) in [5, 5.41) is 11.2. The number of H-pyrrole nitrogens is 2. The van der Waals surface area contributed by atoms with E-state index in [9.17, 15) is 19.7 Å². The monoisotopic (exact) mass is 495 g/mol. The normalized spacial score (nSPS) is 11.4. The molecule has 0 amide bonds. The first-order valence-corrected chi connectivity index (χ1v) is 11.4. The molecule has 3 rings (SSSR count). The molecule has 0 spiro atoms. The summed E-state index contributed by atoms with van der Waals surface area (Å²) in [5.41, 5.74) is -0.948. The Bertz CT molecular complexity index is 1350. The average Bonchev–Trinajstić information content (AvgIpc) is 2.80. The largest absolute Gasteiger partial charge is 0.490 e. The Kier molecular flexibility index (Phi) is 8.31. The van der Waals surface area contributed by atoms with E-state index in [0.717, 1.165) is 5.75 Å². The number of ether oxygens (including phenoxy) is 3. The molecule has 0 aliphatic heterocycles. The van der Waals surface area contributed by atoms with Crippen molar-refractivity contribution in [3.63, 3.8) is 0 Å². The highest BCUT2D eigenvalue weighted by atomic mass is 16.6. The van der Waals surface area contributed by atoms with Gasteiger partial charge in [-0.15, -0.1) is 0 Å². The van der Waals surface area contributed by atoms with Crippen LogP contribution < -0.4 is 25.5 Å². The Labute approximate surface area is 207 Å². The smallest absolute Gasteiger partial charge is 0.357 e. The van der Waals surface area contributed by atoms with Gasteiger partial charge in [-0.25, -0.2) is 4.79 Å². The predicted molar refractivity (Wildman–Crippen MR) is 137 cm³/mol. The van der Waals surface area contributed by atoms with Gasteiger partial charge >= 0.3 is 16.9 Å². The van der Waals surface area contributed by atoms with Crippen molar-refractivity contribution in [3.05, 3.63) is 90.2 Å². The van der Waals surface area contributed by atoms with Gasteiger partial charge in [0, 0.05) is 0 Å². The summed E-state index contributed by atoms with van der Waals surface area (Å²) in [6, 6.07) is 13.1. The molecule has 190 valence electrons. The van der Waals surface area contributed by atoms with Crippen LogP contribution in [0.5, 0.6) is 17.2 Å². The van der Waals surface area contributed by atoms with Crippen LogP contribution in [0.25, 0.3) is 12.2 Å². The van der Waals surface area contributed by atoms with E-state index < -0.39 is 21.9 Å². The van der Waals surface area contributed by atoms with Gasteiger partial charge in [-0.3, -0.25) is 19.9 Å². The van der Waals surface area contributed by atoms with Crippen molar-refractivity contribution in [2.24, 2.45) is 0 Å². The lowest BCUT2D eigenvalue weighted by Crippen LogP contribution is -2.25. The molecule has 3 aromatic rings. The number of aromatic amines is 2. The molecule has 2 aromatic carbocycles. The topological polar surface area (TPSA) is 137 Å². The summed E-state index contributed by atoms with van der Waals surface area (Å²) in [6.45, 7) is 9.31. The van der Waals surface area contributed by atoms with Crippen LogP contribution in [-0.2, 0) is 5.41 Å². The number of aromatic nitrogens is 2. The molecule has 0 saturated heterocycles. The second-order valence-corrected chi connectivity index (χ2v) is 8.87. The summed E-state index contributed by atoms with van der Waals surface area (Å²) >= 11 is 0. The van der Waals surface area contributed by atoms with Crippen molar-refractivity contribution in [1.82, 2.24) is 9.97 Å². The predicted octanol–water partition coefficient (Wildman–Crippen LogP) is 4.30. The third-order valence-electron chi connectivity index (χ3n) is 5.17. The quantitative estimate of drug-likeness (QED) is 0.243. The van der Waals surface area contributed by atoms with Crippen LogP contribution >= 0.6 is 0 Å². The van der Waals surface area contributed by atoms with Gasteiger partial charge < -0.3 is 19.2 Å². The minimum atomic E-state index is -1.07. The summed E-state index contributed by atoms with van der Waals surface area (Å²) in [5.74, 6) is 1.74. The zero-order valence-corrected chi connectivity index (χ0v) is 20.6. The zero-order chi connectivity index (χ0) is 26.3. The highest BCUT2D eigenvalue weighted by molar-refractivity contribution is 5.72. The average molecular weight is 496 g/mol. The number of nitrogens with one attached hydrogen (secondary N) is 2. The number of hydrogen-bond acceptors (Lipinski definition) is 7. The molecule has 0 aliphatic rings. The summed E-state index contributed by atoms with van der Waals surface area (Å²) in [6.07, 6.45) is 2.81. The first kappa shape index (κ1) is 26.3. The molecule has 10 heteroatoms. The third-order valence-corrected chi connectivity index (χ3v) is 5.17. The molecule has 0 atom stereocenters. The van der Waals surface area contributed by atoms with Gasteiger partial charge in [-0.05, 0) is 53.8 Å². The first-order chi connectivity index (χ1) is 17.1. The number of benzene rings is 2. The highest BCUT2D eigenvalue weighted by Crippen LogP contribution is 2.30. The lowest BCUT2D eigenvalue weighted by Gasteiger charge is -2.19. The van der Waals surface area contributed by atoms with Crippen LogP contribution in [0, 0.1) is 10.1 Å². The minimum absolute atomic E-state index is 0.0727. The van der Waals surface area contributed by atoms with Crippen molar-refractivity contribution in [2.45, 2.75) is 33.1 Å². The van der Waals surface area contributed by atoms with Gasteiger partial charge in [0.1, 0.15) is 24.7 Å². The number of hydrogen-bond donors (Lipinski definition) is 2. The first-order valence-electron chi connectivity index (χ1n) is 11.4. The molecular weight excluding hydrogens is 466 g/mol. The van der Waals surface area contributed by atoms with E-state index in [-0.39, 0.29) is 17.7 Å². The van der Waals surface area contributed by atoms with Crippen LogP contribution in [0.4, 0.5) is 5.69 Å². The number of rotatable bonds is 10. The molecule has 0 fully saturated rings. The van der Waals surface area contributed by atoms with Gasteiger partial charge in [0.2, 0.25) is 0 Å². The Balaban J connectivity index is 1.67. The Morgan fingerprint density at radius 2 is 1.61 bits per heavy atom. The summed E-state index contributed by atoms with van der Waals surface area (Å²) < 4.78 is 17.3. The zero-order valence-electron chi connectivity index (χ0n) is 20.6. The molecule has 1 aromatic heterocycles. The summed E-state index contributed by atoms with van der Waals surface area (Å²) in [7, 11) is 0. The minimum Gasteiger partial charge on any atom is -0.490 e. The van der Waals surface area contributed by atoms with E-state index >= 15 is 0 Å². The van der Waals surface area contributed by atoms with Crippen LogP contribution in [0.15, 0.2) is 52.1 Å². The van der Waals surface area contributed by atoms with Crippen molar-refractivity contribution in [1.29, 1.82) is 0 Å². The van der Waals surface area contributed by atoms with E-state index in [1.807, 2.05) is 36.2 Å². The van der Waals surface area contributed by atoms with Crippen LogP contribution in [0.1, 0.15) is 44.5 Å². The maximum atomic E-state index is 11.8. The number of nitro groups is 1. The van der Waals surface area contributed by atoms with Gasteiger partial charge in [0.15, 0.2) is 11.5 Å². The van der Waals surface area contributed by atoms with Crippen LogP contribution in [-0.4, -0.2) is 34.7 Å². The lowest BCUT2D eigenvalue weighted by molar-refractivity contribution is -0.386. The molecular formula is C26H29N3O7. The fourth-order valence-corrected chi connectivity index (χ4v) is 3.36. The van der Waals surface area contributed by atoms with E-state index in [2.05, 4.69) is 25.8 Å². The third kappa shape index (κ3) is 6.84. The van der Waals surface area contributed by atoms with Gasteiger partial charge in [-0.2, -0.15) is 0 Å². The molecule has 10 nitrogen and oxygen atoms in total. The molecule has 0 bridgehead atoms. The maximum Gasteiger partial charge on any atom is 0.357 e. The molecule has 36 heavy (non-hydrogen) atoms. The lowest BCUT2D eigenvalue weighted by atomic mass is 9.87. The molecule has 1 heterocycles. The van der Waals surface area contributed by atoms with Gasteiger partial charge in [0.25, 0.3) is 0 Å². The van der Waals surface area contributed by atoms with Crippen molar-refractivity contribution in [2.75, 3.05) is 19.8 Å². The molecule has 0 radical (unpaired) electrons. The molecule has 0 unspecified atom stereocenters. The Morgan fingerprint density at radius 3 is 2.25 bits per heavy atom. The molecule has 0 saturated carbocycles. The standard InChI is InChI=1S/C26H29N3O7/c1-5-34-22-16-17(6-12-20-23(29(32)33)24(30)28-25(31)27-20)7-13-21(22)36-15-14-35-19-10-8-18(9-11-19)26(2,3)4/h6-13,16H,5,14-15H2,1-4H3,(H2,27,28,30,31). The van der Waals surface area contributed by atoms with Crippen molar-refractivity contribution < 1.29 is 19.1 Å². The highest BCUT2D eigenvalue weighted by Gasteiger charge is 2.19. The second kappa shape index (κ2) is 11.4. The second-order valence-electron chi connectivity index (χ2n) is 8.87. The van der Waals surface area contributed by atoms with Gasteiger partial charge in [-0.1, -0.05) is 45.0 Å². The Hall–Kier alpha value is -4.34. The fraction of sp³-hybridized carbons (Fsp3) is 0.308. The summed E-state index contributed by atoms with van der Waals surface area (Å²) in [4.78, 5) is 37.8. The van der Waals surface area contributed by atoms with Crippen LogP contribution in [0.2, 0.25) is 0 Å².